The highest BCUT2D eigenvalue weighted by molar-refractivity contribution is 8.00. The van der Waals surface area contributed by atoms with Crippen LogP contribution in [-0.2, 0) is 22.6 Å². The molecule has 2 amide bonds. The van der Waals surface area contributed by atoms with Crippen molar-refractivity contribution in [2.45, 2.75) is 13.0 Å². The minimum Gasteiger partial charge on any atom is -0.311 e. The summed E-state index contributed by atoms with van der Waals surface area (Å²) in [5, 5.41) is 0.618. The summed E-state index contributed by atoms with van der Waals surface area (Å²) in [5.41, 5.74) is 3.05. The molecule has 3 aromatic rings. The highest BCUT2D eigenvalue weighted by Gasteiger charge is 2.23. The van der Waals surface area contributed by atoms with Gasteiger partial charge in [-0.2, -0.15) is 4.99 Å². The Morgan fingerprint density at radius 1 is 1.23 bits per heavy atom. The summed E-state index contributed by atoms with van der Waals surface area (Å²) in [6.45, 7) is 1.00. The van der Waals surface area contributed by atoms with Crippen molar-refractivity contribution in [3.05, 3.63) is 57.9 Å². The minimum absolute atomic E-state index is 0.0108. The maximum absolute atomic E-state index is 12.6. The summed E-state index contributed by atoms with van der Waals surface area (Å²) in [5.74, 6) is 2.68. The number of rotatable bonds is 5. The van der Waals surface area contributed by atoms with Crippen molar-refractivity contribution in [3.63, 3.8) is 0 Å². The zero-order valence-electron chi connectivity index (χ0n) is 16.0. The Morgan fingerprint density at radius 3 is 2.90 bits per heavy atom. The van der Waals surface area contributed by atoms with E-state index in [1.165, 1.54) is 28.7 Å². The number of para-hydroxylation sites is 1. The third-order valence-corrected chi connectivity index (χ3v) is 6.93. The smallest absolute Gasteiger partial charge is 0.258 e. The molecule has 30 heavy (non-hydrogen) atoms. The van der Waals surface area contributed by atoms with Crippen molar-refractivity contribution in [1.29, 1.82) is 0 Å². The molecular weight excluding hydrogens is 438 g/mol. The van der Waals surface area contributed by atoms with Crippen LogP contribution in [0, 0.1) is 12.3 Å². The van der Waals surface area contributed by atoms with Gasteiger partial charge in [-0.25, -0.2) is 0 Å². The Bertz CT molecular complexity index is 1240. The third-order valence-electron chi connectivity index (χ3n) is 4.75. The number of nitrogens with zero attached hydrogens (tertiary/aromatic N) is 3. The number of fused-ring (bicyclic) bond motifs is 2. The quantitative estimate of drug-likeness (QED) is 0.551. The van der Waals surface area contributed by atoms with E-state index in [0.717, 1.165) is 22.3 Å². The Morgan fingerprint density at radius 2 is 2.07 bits per heavy atom. The second-order valence-corrected chi connectivity index (χ2v) is 9.14. The van der Waals surface area contributed by atoms with Crippen molar-refractivity contribution in [2.24, 2.45) is 4.99 Å². The van der Waals surface area contributed by atoms with E-state index >= 15 is 0 Å². The van der Waals surface area contributed by atoms with E-state index in [-0.39, 0.29) is 23.3 Å². The van der Waals surface area contributed by atoms with Crippen LogP contribution in [-0.4, -0.2) is 34.4 Å². The van der Waals surface area contributed by atoms with Gasteiger partial charge in [-0.1, -0.05) is 47.1 Å². The molecule has 2 heterocycles. The molecule has 0 unspecified atom stereocenters. The molecule has 0 fully saturated rings. The molecule has 0 aliphatic carbocycles. The van der Waals surface area contributed by atoms with E-state index in [1.54, 1.807) is 11.0 Å². The molecule has 0 spiro atoms. The number of benzene rings is 2. The highest BCUT2D eigenvalue weighted by atomic mass is 35.5. The largest absolute Gasteiger partial charge is 0.311 e. The molecule has 0 bridgehead atoms. The van der Waals surface area contributed by atoms with Crippen LogP contribution in [0.25, 0.3) is 10.2 Å². The van der Waals surface area contributed by atoms with E-state index < -0.39 is 0 Å². The Labute approximate surface area is 187 Å². The van der Waals surface area contributed by atoms with Crippen LogP contribution in [0.3, 0.4) is 0 Å². The number of hydrogen-bond donors (Lipinski definition) is 0. The zero-order chi connectivity index (χ0) is 21.1. The molecular formula is C22H18ClN3O2S2. The summed E-state index contributed by atoms with van der Waals surface area (Å²) in [6.07, 6.45) is 6.35. The topological polar surface area (TPSA) is 54.7 Å². The van der Waals surface area contributed by atoms with E-state index in [9.17, 15) is 9.59 Å². The van der Waals surface area contributed by atoms with Gasteiger partial charge in [0.25, 0.3) is 5.91 Å². The zero-order valence-corrected chi connectivity index (χ0v) is 18.4. The molecule has 152 valence electrons. The van der Waals surface area contributed by atoms with E-state index in [1.807, 2.05) is 41.0 Å². The second kappa shape index (κ2) is 9.09. The van der Waals surface area contributed by atoms with Crippen LogP contribution in [0.5, 0.6) is 0 Å². The van der Waals surface area contributed by atoms with Crippen molar-refractivity contribution >= 4 is 62.4 Å². The van der Waals surface area contributed by atoms with Gasteiger partial charge in [0, 0.05) is 17.3 Å². The highest BCUT2D eigenvalue weighted by Crippen LogP contribution is 2.28. The summed E-state index contributed by atoms with van der Waals surface area (Å²) in [4.78, 5) is 31.5. The van der Waals surface area contributed by atoms with Crippen LogP contribution in [0.1, 0.15) is 5.56 Å². The number of aromatic nitrogens is 1. The van der Waals surface area contributed by atoms with Crippen molar-refractivity contribution in [3.8, 4) is 12.3 Å². The number of thioether (sulfide) groups is 1. The Balaban J connectivity index is 1.43. The molecule has 4 rings (SSSR count). The number of halogens is 1. The number of anilines is 1. The molecule has 1 aromatic heterocycles. The van der Waals surface area contributed by atoms with Gasteiger partial charge in [-0.3, -0.25) is 9.59 Å². The normalized spacial score (nSPS) is 13.5. The van der Waals surface area contributed by atoms with Crippen molar-refractivity contribution in [2.75, 3.05) is 23.0 Å². The number of amides is 2. The lowest BCUT2D eigenvalue weighted by molar-refractivity contribution is -0.116. The Hall–Kier alpha value is -2.53. The fourth-order valence-electron chi connectivity index (χ4n) is 3.42. The van der Waals surface area contributed by atoms with Crippen molar-refractivity contribution in [1.82, 2.24) is 4.57 Å². The molecule has 1 aliphatic heterocycles. The van der Waals surface area contributed by atoms with E-state index in [4.69, 9.17) is 18.0 Å². The lowest BCUT2D eigenvalue weighted by atomic mass is 10.2. The van der Waals surface area contributed by atoms with Crippen LogP contribution in [0.2, 0.25) is 5.02 Å². The first-order valence-corrected chi connectivity index (χ1v) is 11.7. The minimum atomic E-state index is -0.293. The maximum atomic E-state index is 12.6. The average molecular weight is 456 g/mol. The summed E-state index contributed by atoms with van der Waals surface area (Å²) in [6, 6.07) is 13.4. The van der Waals surface area contributed by atoms with E-state index in [0.29, 0.717) is 22.9 Å². The standard InChI is InChI=1S/C22H18ClN3O2S2/c1-2-10-26-18-8-7-16(23)12-19(18)30-22(26)24-20(27)13-29-14-21(28)25-11-9-15-5-3-4-6-17(15)25/h1,3-8,12H,9-11,13-14H2. The molecule has 0 N–H and O–H groups in total. The van der Waals surface area contributed by atoms with Crippen LogP contribution in [0.15, 0.2) is 47.5 Å². The molecule has 8 heteroatoms. The van der Waals surface area contributed by atoms with Crippen molar-refractivity contribution < 1.29 is 9.59 Å². The number of terminal acetylenes is 1. The number of thiazole rings is 1. The molecule has 1 aliphatic rings. The lowest BCUT2D eigenvalue weighted by Gasteiger charge is -2.16. The first-order chi connectivity index (χ1) is 14.6. The fourth-order valence-corrected chi connectivity index (χ4v) is 5.41. The summed E-state index contributed by atoms with van der Waals surface area (Å²) >= 11 is 8.71. The average Bonchev–Trinajstić information content (AvgIpc) is 3.29. The van der Waals surface area contributed by atoms with Crippen LogP contribution in [0.4, 0.5) is 5.69 Å². The number of carbonyl (C=O) groups excluding carboxylic acids is 2. The molecule has 0 radical (unpaired) electrons. The van der Waals surface area contributed by atoms with E-state index in [2.05, 4.69) is 10.9 Å². The lowest BCUT2D eigenvalue weighted by Crippen LogP contribution is -2.30. The predicted molar refractivity (Wildman–Crippen MR) is 124 cm³/mol. The SMILES string of the molecule is C#CCn1c(=NC(=O)CSCC(=O)N2CCc3ccccc32)sc2cc(Cl)ccc21. The van der Waals surface area contributed by atoms with Gasteiger partial charge in [0.1, 0.15) is 0 Å². The van der Waals surface area contributed by atoms with Gasteiger partial charge in [0.05, 0.1) is 28.3 Å². The first kappa shape index (κ1) is 20.7. The van der Waals surface area contributed by atoms with Gasteiger partial charge >= 0.3 is 0 Å². The predicted octanol–water partition coefficient (Wildman–Crippen LogP) is 3.74. The first-order valence-electron chi connectivity index (χ1n) is 9.33. The second-order valence-electron chi connectivity index (χ2n) is 6.71. The number of carbonyl (C=O) groups is 2. The number of hydrogen-bond acceptors (Lipinski definition) is 4. The Kier molecular flexibility index (Phi) is 6.28. The van der Waals surface area contributed by atoms with Gasteiger partial charge < -0.3 is 9.47 Å². The van der Waals surface area contributed by atoms with Gasteiger partial charge in [-0.15, -0.1) is 18.2 Å². The fraction of sp³-hybridized carbons (Fsp3) is 0.227. The molecule has 0 saturated heterocycles. The van der Waals surface area contributed by atoms with Gasteiger partial charge in [0.15, 0.2) is 4.80 Å². The van der Waals surface area contributed by atoms with Crippen LogP contribution >= 0.6 is 34.7 Å². The monoisotopic (exact) mass is 455 g/mol. The molecule has 0 atom stereocenters. The third kappa shape index (κ3) is 4.31. The molecule has 2 aromatic carbocycles. The summed E-state index contributed by atoms with van der Waals surface area (Å²) in [7, 11) is 0. The summed E-state index contributed by atoms with van der Waals surface area (Å²) < 4.78 is 2.74. The maximum Gasteiger partial charge on any atom is 0.258 e. The van der Waals surface area contributed by atoms with Gasteiger partial charge in [-0.05, 0) is 36.2 Å². The molecule has 0 saturated carbocycles. The molecule has 5 nitrogen and oxygen atoms in total. The van der Waals surface area contributed by atoms with Crippen LogP contribution < -0.4 is 9.70 Å². The van der Waals surface area contributed by atoms with Gasteiger partial charge in [0.2, 0.25) is 5.91 Å².